The number of amides is 1. The molecule has 3 aromatic rings. The summed E-state index contributed by atoms with van der Waals surface area (Å²) in [6, 6.07) is 18.7. The van der Waals surface area contributed by atoms with Gasteiger partial charge in [0.1, 0.15) is 0 Å². The van der Waals surface area contributed by atoms with Gasteiger partial charge in [0.15, 0.2) is 0 Å². The van der Waals surface area contributed by atoms with Crippen LogP contribution in [0, 0.1) is 5.92 Å². The van der Waals surface area contributed by atoms with Gasteiger partial charge < -0.3 is 14.6 Å². The molecule has 4 rings (SSSR count). The van der Waals surface area contributed by atoms with E-state index in [-0.39, 0.29) is 11.8 Å². The van der Waals surface area contributed by atoms with Gasteiger partial charge in [0.25, 0.3) is 0 Å². The molecule has 0 saturated carbocycles. The van der Waals surface area contributed by atoms with Crippen LogP contribution in [0.25, 0.3) is 11.5 Å². The minimum Gasteiger partial charge on any atom is -0.403 e. The topological polar surface area (TPSA) is 71.3 Å². The van der Waals surface area contributed by atoms with E-state index in [9.17, 15) is 4.79 Å². The Morgan fingerprint density at radius 2 is 1.72 bits per heavy atom. The molecule has 0 spiro atoms. The monoisotopic (exact) mass is 390 g/mol. The second kappa shape index (κ2) is 8.90. The maximum Gasteiger partial charge on any atom is 0.318 e. The van der Waals surface area contributed by atoms with Crippen LogP contribution >= 0.6 is 0 Å². The summed E-state index contributed by atoms with van der Waals surface area (Å²) in [6.45, 7) is 4.19. The Kier molecular flexibility index (Phi) is 5.89. The largest absolute Gasteiger partial charge is 0.403 e. The van der Waals surface area contributed by atoms with Crippen molar-refractivity contribution in [2.45, 2.75) is 32.7 Å². The van der Waals surface area contributed by atoms with Crippen LogP contribution in [0.1, 0.15) is 30.9 Å². The maximum atomic E-state index is 12.5. The fourth-order valence-corrected chi connectivity index (χ4v) is 3.60. The van der Waals surface area contributed by atoms with Gasteiger partial charge in [-0.2, -0.15) is 0 Å². The molecule has 6 nitrogen and oxygen atoms in total. The first-order chi connectivity index (χ1) is 14.2. The second-order valence-electron chi connectivity index (χ2n) is 7.40. The molecule has 2 heterocycles. The van der Waals surface area contributed by atoms with Gasteiger partial charge in [-0.15, -0.1) is 5.10 Å². The summed E-state index contributed by atoms with van der Waals surface area (Å²) in [6.07, 6.45) is 2.59. The Balaban J connectivity index is 1.27. The van der Waals surface area contributed by atoms with Crippen molar-refractivity contribution in [2.24, 2.45) is 5.92 Å². The van der Waals surface area contributed by atoms with Crippen LogP contribution in [0.5, 0.6) is 0 Å². The Morgan fingerprint density at radius 1 is 1.03 bits per heavy atom. The summed E-state index contributed by atoms with van der Waals surface area (Å²) in [5.41, 5.74) is 3.35. The molecule has 1 N–H and O–H groups in total. The molecular weight excluding hydrogens is 364 g/mol. The van der Waals surface area contributed by atoms with E-state index >= 15 is 0 Å². The Labute approximate surface area is 170 Å². The molecule has 1 aliphatic rings. The quantitative estimate of drug-likeness (QED) is 0.693. The number of rotatable bonds is 6. The smallest absolute Gasteiger partial charge is 0.318 e. The van der Waals surface area contributed by atoms with E-state index in [2.05, 4.69) is 51.6 Å². The van der Waals surface area contributed by atoms with Crippen LogP contribution in [0.2, 0.25) is 0 Å². The number of anilines is 1. The van der Waals surface area contributed by atoms with E-state index in [0.29, 0.717) is 18.5 Å². The number of benzene rings is 2. The zero-order valence-electron chi connectivity index (χ0n) is 16.7. The fraction of sp³-hybridized carbons (Fsp3) is 0.348. The molecular formula is C23H26N4O2. The summed E-state index contributed by atoms with van der Waals surface area (Å²) in [4.78, 5) is 14.6. The summed E-state index contributed by atoms with van der Waals surface area (Å²) in [5, 5.41) is 11.4. The van der Waals surface area contributed by atoms with Gasteiger partial charge in [-0.05, 0) is 42.5 Å². The molecule has 1 fully saturated rings. The lowest BCUT2D eigenvalue weighted by atomic mass is 9.96. The third-order valence-corrected chi connectivity index (χ3v) is 5.47. The van der Waals surface area contributed by atoms with Crippen LogP contribution in [-0.4, -0.2) is 29.2 Å². The lowest BCUT2D eigenvalue weighted by Gasteiger charge is -2.29. The normalized spacial score (nSPS) is 14.7. The van der Waals surface area contributed by atoms with E-state index in [1.165, 1.54) is 5.56 Å². The number of hydrogen-bond donors (Lipinski definition) is 1. The van der Waals surface area contributed by atoms with E-state index < -0.39 is 0 Å². The number of carbonyl (C=O) groups excluding carboxylic acids is 1. The van der Waals surface area contributed by atoms with Crippen molar-refractivity contribution >= 4 is 11.9 Å². The molecule has 1 saturated heterocycles. The summed E-state index contributed by atoms with van der Waals surface area (Å²) >= 11 is 0. The molecule has 150 valence electrons. The molecule has 0 atom stereocenters. The van der Waals surface area contributed by atoms with Crippen molar-refractivity contribution in [3.8, 4) is 11.5 Å². The van der Waals surface area contributed by atoms with E-state index in [0.717, 1.165) is 43.5 Å². The molecule has 6 heteroatoms. The third-order valence-electron chi connectivity index (χ3n) is 5.47. The number of carbonyl (C=O) groups is 1. The maximum absolute atomic E-state index is 12.5. The van der Waals surface area contributed by atoms with Crippen LogP contribution < -0.4 is 10.2 Å². The third kappa shape index (κ3) is 4.65. The standard InChI is InChI=1S/C23H26N4O2/c1-2-17-8-10-18(11-9-17)16-24-21(28)19-12-14-27(15-13-19)23-26-25-22(29-23)20-6-4-3-5-7-20/h3-11,19H,2,12-16H2,1H3,(H,24,28). The highest BCUT2D eigenvalue weighted by Crippen LogP contribution is 2.26. The summed E-state index contributed by atoms with van der Waals surface area (Å²) in [7, 11) is 0. The molecule has 0 radical (unpaired) electrons. The predicted octanol–water partition coefficient (Wildman–Crippen LogP) is 3.83. The van der Waals surface area contributed by atoms with Crippen LogP contribution in [0.15, 0.2) is 59.0 Å². The first-order valence-corrected chi connectivity index (χ1v) is 10.2. The first kappa shape index (κ1) is 19.2. The van der Waals surface area contributed by atoms with Crippen molar-refractivity contribution in [2.75, 3.05) is 18.0 Å². The fourth-order valence-electron chi connectivity index (χ4n) is 3.60. The Morgan fingerprint density at radius 3 is 2.41 bits per heavy atom. The van der Waals surface area contributed by atoms with E-state index in [1.807, 2.05) is 30.3 Å². The zero-order valence-corrected chi connectivity index (χ0v) is 16.7. The molecule has 1 amide bonds. The molecule has 1 aliphatic heterocycles. The SMILES string of the molecule is CCc1ccc(CNC(=O)C2CCN(c3nnc(-c4ccccc4)o3)CC2)cc1. The van der Waals surface area contributed by atoms with Gasteiger partial charge in [0.2, 0.25) is 11.8 Å². The lowest BCUT2D eigenvalue weighted by Crippen LogP contribution is -2.40. The molecule has 0 unspecified atom stereocenters. The van der Waals surface area contributed by atoms with Crippen molar-refractivity contribution in [1.29, 1.82) is 0 Å². The number of nitrogens with one attached hydrogen (secondary N) is 1. The summed E-state index contributed by atoms with van der Waals surface area (Å²) in [5.74, 6) is 0.673. The highest BCUT2D eigenvalue weighted by atomic mass is 16.4. The van der Waals surface area contributed by atoms with Gasteiger partial charge in [0, 0.05) is 31.1 Å². The molecule has 0 aliphatic carbocycles. The minimum absolute atomic E-state index is 0.0256. The summed E-state index contributed by atoms with van der Waals surface area (Å²) < 4.78 is 5.83. The molecule has 2 aromatic carbocycles. The minimum atomic E-state index is 0.0256. The van der Waals surface area contributed by atoms with E-state index in [1.54, 1.807) is 0 Å². The lowest BCUT2D eigenvalue weighted by molar-refractivity contribution is -0.125. The number of aromatic nitrogens is 2. The van der Waals surface area contributed by atoms with Crippen molar-refractivity contribution in [1.82, 2.24) is 15.5 Å². The number of nitrogens with zero attached hydrogens (tertiary/aromatic N) is 3. The molecule has 0 bridgehead atoms. The van der Waals surface area contributed by atoms with Crippen LogP contribution in [0.4, 0.5) is 6.01 Å². The van der Waals surface area contributed by atoms with E-state index in [4.69, 9.17) is 4.42 Å². The van der Waals surface area contributed by atoms with Gasteiger partial charge in [-0.25, -0.2) is 0 Å². The van der Waals surface area contributed by atoms with Gasteiger partial charge >= 0.3 is 6.01 Å². The number of piperidine rings is 1. The van der Waals surface area contributed by atoms with Crippen LogP contribution in [0.3, 0.4) is 0 Å². The highest BCUT2D eigenvalue weighted by molar-refractivity contribution is 5.78. The number of aryl methyl sites for hydroxylation is 1. The first-order valence-electron chi connectivity index (χ1n) is 10.2. The van der Waals surface area contributed by atoms with Crippen molar-refractivity contribution in [3.63, 3.8) is 0 Å². The average Bonchev–Trinajstić information content (AvgIpc) is 3.29. The predicted molar refractivity (Wildman–Crippen MR) is 112 cm³/mol. The average molecular weight is 390 g/mol. The van der Waals surface area contributed by atoms with Crippen molar-refractivity contribution in [3.05, 3.63) is 65.7 Å². The molecule has 29 heavy (non-hydrogen) atoms. The Bertz CT molecular complexity index is 929. The van der Waals surface area contributed by atoms with Gasteiger partial charge in [-0.1, -0.05) is 54.5 Å². The van der Waals surface area contributed by atoms with Crippen molar-refractivity contribution < 1.29 is 9.21 Å². The second-order valence-corrected chi connectivity index (χ2v) is 7.40. The number of hydrogen-bond acceptors (Lipinski definition) is 5. The Hall–Kier alpha value is -3.15. The van der Waals surface area contributed by atoms with Crippen LogP contribution in [-0.2, 0) is 17.8 Å². The van der Waals surface area contributed by atoms with Gasteiger partial charge in [-0.3, -0.25) is 4.79 Å². The zero-order chi connectivity index (χ0) is 20.1. The highest BCUT2D eigenvalue weighted by Gasteiger charge is 2.27. The molecule has 1 aromatic heterocycles. The van der Waals surface area contributed by atoms with Gasteiger partial charge in [0.05, 0.1) is 0 Å².